The molecule has 1 fully saturated rings. The molecule has 1 aromatic rings. The summed E-state index contributed by atoms with van der Waals surface area (Å²) in [7, 11) is 0. The molecule has 0 aromatic carbocycles. The largest absolute Gasteiger partial charge is 0.349 e. The molecule has 13 heavy (non-hydrogen) atoms. The Morgan fingerprint density at radius 3 is 3.00 bits per heavy atom. The van der Waals surface area contributed by atoms with Gasteiger partial charge in [-0.25, -0.2) is 4.98 Å². The van der Waals surface area contributed by atoms with Gasteiger partial charge < -0.3 is 10.3 Å². The van der Waals surface area contributed by atoms with Crippen LogP contribution in [0, 0.1) is 0 Å². The summed E-state index contributed by atoms with van der Waals surface area (Å²) in [4.78, 5) is 7.30. The third-order valence-corrected chi connectivity index (χ3v) is 2.70. The lowest BCUT2D eigenvalue weighted by molar-refractivity contribution is 0.524. The van der Waals surface area contributed by atoms with Gasteiger partial charge in [0, 0.05) is 31.4 Å². The Balaban J connectivity index is 1.63. The van der Waals surface area contributed by atoms with Gasteiger partial charge >= 0.3 is 0 Å². The Morgan fingerprint density at radius 2 is 2.31 bits per heavy atom. The van der Waals surface area contributed by atoms with E-state index < -0.39 is 0 Å². The molecular weight excluding hydrogens is 162 g/mol. The molecule has 0 unspecified atom stereocenters. The van der Waals surface area contributed by atoms with Crippen molar-refractivity contribution in [1.29, 1.82) is 0 Å². The molecular formula is C10H17N3. The first-order valence-electron chi connectivity index (χ1n) is 5.17. The molecule has 72 valence electrons. The lowest BCUT2D eigenvalue weighted by Crippen LogP contribution is -2.28. The summed E-state index contributed by atoms with van der Waals surface area (Å²) in [5, 5.41) is 3.56. The molecule has 2 N–H and O–H groups in total. The van der Waals surface area contributed by atoms with Gasteiger partial charge in [-0.1, -0.05) is 12.8 Å². The molecule has 0 saturated heterocycles. The van der Waals surface area contributed by atoms with Crippen LogP contribution in [-0.4, -0.2) is 22.6 Å². The van der Waals surface area contributed by atoms with Gasteiger partial charge in [0.25, 0.3) is 0 Å². The number of nitrogens with zero attached hydrogens (tertiary/aromatic N) is 1. The predicted octanol–water partition coefficient (Wildman–Crippen LogP) is 1.48. The van der Waals surface area contributed by atoms with Crippen LogP contribution in [-0.2, 0) is 6.42 Å². The van der Waals surface area contributed by atoms with Crippen molar-refractivity contribution in [2.45, 2.75) is 38.1 Å². The number of imidazole rings is 1. The first-order chi connectivity index (χ1) is 6.45. The lowest BCUT2D eigenvalue weighted by Gasteiger charge is -2.10. The van der Waals surface area contributed by atoms with Crippen LogP contribution in [0.3, 0.4) is 0 Å². The van der Waals surface area contributed by atoms with Crippen molar-refractivity contribution < 1.29 is 0 Å². The van der Waals surface area contributed by atoms with E-state index >= 15 is 0 Å². The molecule has 3 nitrogen and oxygen atoms in total. The summed E-state index contributed by atoms with van der Waals surface area (Å²) in [5.74, 6) is 1.09. The number of rotatable bonds is 4. The van der Waals surface area contributed by atoms with Gasteiger partial charge in [-0.05, 0) is 12.8 Å². The summed E-state index contributed by atoms with van der Waals surface area (Å²) in [6.07, 6.45) is 10.2. The molecule has 0 bridgehead atoms. The van der Waals surface area contributed by atoms with Gasteiger partial charge in [-0.3, -0.25) is 0 Å². The van der Waals surface area contributed by atoms with E-state index in [1.165, 1.54) is 25.7 Å². The third-order valence-electron chi connectivity index (χ3n) is 2.70. The lowest BCUT2D eigenvalue weighted by atomic mass is 10.2. The van der Waals surface area contributed by atoms with Gasteiger partial charge in [0.1, 0.15) is 5.82 Å². The third kappa shape index (κ3) is 2.56. The fourth-order valence-electron chi connectivity index (χ4n) is 1.96. The summed E-state index contributed by atoms with van der Waals surface area (Å²) in [5.41, 5.74) is 0. The minimum atomic E-state index is 0.773. The number of aromatic nitrogens is 2. The highest BCUT2D eigenvalue weighted by Gasteiger charge is 2.13. The molecule has 0 amide bonds. The average Bonchev–Trinajstić information content (AvgIpc) is 2.75. The van der Waals surface area contributed by atoms with Crippen LogP contribution in [0.1, 0.15) is 31.5 Å². The van der Waals surface area contributed by atoms with Crippen molar-refractivity contribution in [1.82, 2.24) is 15.3 Å². The van der Waals surface area contributed by atoms with E-state index in [1.807, 2.05) is 12.4 Å². The summed E-state index contributed by atoms with van der Waals surface area (Å²) < 4.78 is 0. The Hall–Kier alpha value is -0.830. The Bertz CT molecular complexity index is 224. The maximum absolute atomic E-state index is 4.18. The average molecular weight is 179 g/mol. The van der Waals surface area contributed by atoms with Gasteiger partial charge in [-0.15, -0.1) is 0 Å². The van der Waals surface area contributed by atoms with Gasteiger partial charge in [-0.2, -0.15) is 0 Å². The quantitative estimate of drug-likeness (QED) is 0.735. The van der Waals surface area contributed by atoms with Crippen LogP contribution >= 0.6 is 0 Å². The second-order valence-electron chi connectivity index (χ2n) is 3.72. The van der Waals surface area contributed by atoms with E-state index in [0.717, 1.165) is 24.8 Å². The number of hydrogen-bond donors (Lipinski definition) is 2. The van der Waals surface area contributed by atoms with Gasteiger partial charge in [0.05, 0.1) is 0 Å². The number of hydrogen-bond acceptors (Lipinski definition) is 2. The fourth-order valence-corrected chi connectivity index (χ4v) is 1.96. The van der Waals surface area contributed by atoms with Crippen molar-refractivity contribution >= 4 is 0 Å². The molecule has 1 aliphatic carbocycles. The van der Waals surface area contributed by atoms with E-state index in [2.05, 4.69) is 15.3 Å². The Kier molecular flexibility index (Phi) is 2.98. The highest BCUT2D eigenvalue weighted by Crippen LogP contribution is 2.17. The Morgan fingerprint density at radius 1 is 1.46 bits per heavy atom. The monoisotopic (exact) mass is 179 g/mol. The minimum Gasteiger partial charge on any atom is -0.349 e. The Labute approximate surface area is 79.0 Å². The molecule has 1 aliphatic rings. The number of aromatic amines is 1. The number of H-pyrrole nitrogens is 1. The second-order valence-corrected chi connectivity index (χ2v) is 3.72. The van der Waals surface area contributed by atoms with Crippen molar-refractivity contribution in [3.8, 4) is 0 Å². The van der Waals surface area contributed by atoms with Crippen LogP contribution in [0.4, 0.5) is 0 Å². The maximum Gasteiger partial charge on any atom is 0.107 e. The van der Waals surface area contributed by atoms with E-state index in [1.54, 1.807) is 0 Å². The van der Waals surface area contributed by atoms with E-state index in [-0.39, 0.29) is 0 Å². The summed E-state index contributed by atoms with van der Waals surface area (Å²) in [6, 6.07) is 0.773. The standard InChI is InChI=1S/C10H17N3/c1-2-4-9(3-1)11-6-5-10-12-7-8-13-10/h7-9,11H,1-6H2,(H,12,13). The second kappa shape index (κ2) is 4.42. The topological polar surface area (TPSA) is 40.7 Å². The highest BCUT2D eigenvalue weighted by atomic mass is 14.9. The van der Waals surface area contributed by atoms with Crippen LogP contribution < -0.4 is 5.32 Å². The van der Waals surface area contributed by atoms with Gasteiger partial charge in [0.2, 0.25) is 0 Å². The summed E-state index contributed by atoms with van der Waals surface area (Å²) >= 11 is 0. The first kappa shape index (κ1) is 8.75. The molecule has 0 radical (unpaired) electrons. The van der Waals surface area contributed by atoms with E-state index in [0.29, 0.717) is 0 Å². The van der Waals surface area contributed by atoms with E-state index in [4.69, 9.17) is 0 Å². The van der Waals surface area contributed by atoms with Crippen LogP contribution in [0.2, 0.25) is 0 Å². The highest BCUT2D eigenvalue weighted by molar-refractivity contribution is 4.88. The SMILES string of the molecule is c1c[nH]c(CCNC2CCCC2)n1. The zero-order chi connectivity index (χ0) is 8.93. The molecule has 1 aromatic heterocycles. The number of nitrogens with one attached hydrogen (secondary N) is 2. The van der Waals surface area contributed by atoms with Crippen molar-refractivity contribution in [2.24, 2.45) is 0 Å². The van der Waals surface area contributed by atoms with E-state index in [9.17, 15) is 0 Å². The molecule has 0 aliphatic heterocycles. The molecule has 2 rings (SSSR count). The molecule has 0 atom stereocenters. The smallest absolute Gasteiger partial charge is 0.107 e. The first-order valence-corrected chi connectivity index (χ1v) is 5.17. The zero-order valence-corrected chi connectivity index (χ0v) is 7.92. The maximum atomic E-state index is 4.18. The predicted molar refractivity (Wildman–Crippen MR) is 52.6 cm³/mol. The normalized spacial score (nSPS) is 18.2. The minimum absolute atomic E-state index is 0.773. The zero-order valence-electron chi connectivity index (χ0n) is 7.92. The summed E-state index contributed by atoms with van der Waals surface area (Å²) in [6.45, 7) is 1.05. The van der Waals surface area contributed by atoms with Gasteiger partial charge in [0.15, 0.2) is 0 Å². The fraction of sp³-hybridized carbons (Fsp3) is 0.700. The van der Waals surface area contributed by atoms with Crippen LogP contribution in [0.25, 0.3) is 0 Å². The van der Waals surface area contributed by atoms with Crippen molar-refractivity contribution in [3.63, 3.8) is 0 Å². The molecule has 0 spiro atoms. The molecule has 3 heteroatoms. The van der Waals surface area contributed by atoms with Crippen LogP contribution in [0.15, 0.2) is 12.4 Å². The van der Waals surface area contributed by atoms with Crippen molar-refractivity contribution in [2.75, 3.05) is 6.54 Å². The van der Waals surface area contributed by atoms with Crippen LogP contribution in [0.5, 0.6) is 0 Å². The van der Waals surface area contributed by atoms with Crippen molar-refractivity contribution in [3.05, 3.63) is 18.2 Å². The molecule has 1 saturated carbocycles. The molecule has 1 heterocycles.